The van der Waals surface area contributed by atoms with Gasteiger partial charge in [-0.25, -0.2) is 13.6 Å². The van der Waals surface area contributed by atoms with Crippen LogP contribution in [0.25, 0.3) is 0 Å². The summed E-state index contributed by atoms with van der Waals surface area (Å²) in [5.41, 5.74) is 8.13. The lowest BCUT2D eigenvalue weighted by atomic mass is 10.0. The molecule has 0 saturated heterocycles. The number of ether oxygens (including phenoxy) is 1. The average molecular weight is 649 g/mol. The van der Waals surface area contributed by atoms with Gasteiger partial charge >= 0.3 is 5.97 Å². The van der Waals surface area contributed by atoms with Gasteiger partial charge in [-0.2, -0.15) is 11.8 Å². The number of nitrogens with one attached hydrogen (secondary N) is 2. The number of carbonyl (C=O) groups excluding carboxylic acids is 3. The summed E-state index contributed by atoms with van der Waals surface area (Å²) < 4.78 is 33.8. The fraction of sp³-hybridized carbons (Fsp3) is 0.559. The number of carbonyl (C=O) groups is 3. The minimum atomic E-state index is -0.963. The molecule has 8 nitrogen and oxygen atoms in total. The number of hydrogen-bond acceptors (Lipinski definition) is 7. The van der Waals surface area contributed by atoms with Crippen molar-refractivity contribution in [1.29, 1.82) is 0 Å². The lowest BCUT2D eigenvalue weighted by Crippen LogP contribution is -2.52. The van der Waals surface area contributed by atoms with Crippen LogP contribution in [0.5, 0.6) is 0 Å². The molecule has 3 atom stereocenters. The molecule has 2 amide bonds. The van der Waals surface area contributed by atoms with E-state index in [1.165, 1.54) is 18.2 Å². The highest BCUT2D eigenvalue weighted by Crippen LogP contribution is 2.17. The summed E-state index contributed by atoms with van der Waals surface area (Å²) >= 11 is 1.61. The van der Waals surface area contributed by atoms with Gasteiger partial charge in [0, 0.05) is 43.9 Å². The molecule has 0 fully saturated rings. The number of nitrogens with zero attached hydrogens (tertiary/aromatic N) is 1. The predicted octanol–water partition coefficient (Wildman–Crippen LogP) is 5.11. The molecule has 45 heavy (non-hydrogen) atoms. The number of thioether (sulfide) groups is 1. The van der Waals surface area contributed by atoms with E-state index in [1.807, 2.05) is 34.0 Å². The van der Waals surface area contributed by atoms with Crippen molar-refractivity contribution in [2.45, 2.75) is 78.5 Å². The van der Waals surface area contributed by atoms with E-state index in [4.69, 9.17) is 10.5 Å². The van der Waals surface area contributed by atoms with Gasteiger partial charge in [0.05, 0.1) is 11.6 Å². The van der Waals surface area contributed by atoms with Gasteiger partial charge in [0.1, 0.15) is 17.7 Å². The molecule has 250 valence electrons. The number of benzene rings is 2. The zero-order valence-electron chi connectivity index (χ0n) is 27.5. The Morgan fingerprint density at radius 1 is 0.956 bits per heavy atom. The zero-order chi connectivity index (χ0) is 33.5. The molecule has 0 heterocycles. The first-order chi connectivity index (χ1) is 21.4. The van der Waals surface area contributed by atoms with Crippen LogP contribution in [0.15, 0.2) is 36.4 Å². The Kier molecular flexibility index (Phi) is 16.5. The summed E-state index contributed by atoms with van der Waals surface area (Å²) in [7, 11) is 0. The molecule has 4 N–H and O–H groups in total. The maximum atomic E-state index is 13.9. The third kappa shape index (κ3) is 13.1. The van der Waals surface area contributed by atoms with E-state index < -0.39 is 35.8 Å². The van der Waals surface area contributed by atoms with Gasteiger partial charge in [0.15, 0.2) is 0 Å². The Balaban J connectivity index is 2.35. The van der Waals surface area contributed by atoms with Gasteiger partial charge in [-0.1, -0.05) is 27.7 Å². The highest BCUT2D eigenvalue weighted by atomic mass is 32.2. The highest BCUT2D eigenvalue weighted by Gasteiger charge is 2.27. The van der Waals surface area contributed by atoms with E-state index in [0.717, 1.165) is 24.7 Å². The fourth-order valence-electron chi connectivity index (χ4n) is 4.93. The lowest BCUT2D eigenvalue weighted by molar-refractivity contribution is -0.123. The van der Waals surface area contributed by atoms with Gasteiger partial charge < -0.3 is 26.0 Å². The van der Waals surface area contributed by atoms with Crippen molar-refractivity contribution in [2.75, 3.05) is 38.2 Å². The Morgan fingerprint density at radius 2 is 1.58 bits per heavy atom. The zero-order valence-corrected chi connectivity index (χ0v) is 28.3. The summed E-state index contributed by atoms with van der Waals surface area (Å²) in [6.07, 6.45) is 3.15. The van der Waals surface area contributed by atoms with Gasteiger partial charge in [-0.15, -0.1) is 0 Å². The maximum Gasteiger partial charge on any atom is 0.338 e. The Hall–Kier alpha value is -3.02. The molecule has 0 unspecified atom stereocenters. The fourth-order valence-corrected chi connectivity index (χ4v) is 5.40. The Morgan fingerprint density at radius 3 is 2.16 bits per heavy atom. The summed E-state index contributed by atoms with van der Waals surface area (Å²) in [4.78, 5) is 41.6. The molecular formula is C34H50F2N4O4S. The van der Waals surface area contributed by atoms with Gasteiger partial charge in [0.2, 0.25) is 5.91 Å². The van der Waals surface area contributed by atoms with E-state index in [2.05, 4.69) is 10.6 Å². The second-order valence-corrected chi connectivity index (χ2v) is 12.8. The van der Waals surface area contributed by atoms with Gasteiger partial charge in [0.25, 0.3) is 5.91 Å². The number of hydrogen-bond donors (Lipinski definition) is 3. The molecule has 0 bridgehead atoms. The third-order valence-electron chi connectivity index (χ3n) is 7.14. The van der Waals surface area contributed by atoms with Crippen LogP contribution in [-0.4, -0.2) is 79.1 Å². The number of aryl methyl sites for hydroxylation is 1. The number of amides is 2. The number of esters is 1. The Labute approximate surface area is 271 Å². The topological polar surface area (TPSA) is 114 Å². The standard InChI is InChI=1S/C34H50F2N4O4S/c1-7-10-40(11-8-2)33(42)25-13-23(5)14-26(18-25)34(43)44-31(29(37)17-24-15-27(35)19-28(36)16-24)21-38-30(9-12-45-6)32(41)39-20-22(3)4/h13-16,18-19,22,29-31,38H,7-12,17,20-21,37H2,1-6H3,(H,39,41)/t29-,30-,31+/m0/s1. The first-order valence-corrected chi connectivity index (χ1v) is 17.1. The minimum absolute atomic E-state index is 0.0177. The number of nitrogens with two attached hydrogens (primary N) is 1. The molecule has 0 saturated carbocycles. The van der Waals surface area contributed by atoms with Crippen LogP contribution in [0.2, 0.25) is 0 Å². The van der Waals surface area contributed by atoms with Crippen LogP contribution in [0.1, 0.15) is 78.8 Å². The molecule has 2 aromatic carbocycles. The highest BCUT2D eigenvalue weighted by molar-refractivity contribution is 7.98. The molecule has 0 spiro atoms. The molecule has 0 aliphatic rings. The van der Waals surface area contributed by atoms with Crippen molar-refractivity contribution in [3.8, 4) is 0 Å². The largest absolute Gasteiger partial charge is 0.456 e. The summed E-state index contributed by atoms with van der Waals surface area (Å²) in [5.74, 6) is -1.51. The molecule has 11 heteroatoms. The van der Waals surface area contributed by atoms with E-state index in [-0.39, 0.29) is 36.3 Å². The average Bonchev–Trinajstić information content (AvgIpc) is 2.97. The van der Waals surface area contributed by atoms with Crippen LogP contribution in [0, 0.1) is 24.5 Å². The lowest BCUT2D eigenvalue weighted by Gasteiger charge is -2.27. The molecule has 2 aromatic rings. The van der Waals surface area contributed by atoms with Crippen molar-refractivity contribution in [2.24, 2.45) is 11.7 Å². The van der Waals surface area contributed by atoms with Crippen LogP contribution >= 0.6 is 11.8 Å². The van der Waals surface area contributed by atoms with Crippen molar-refractivity contribution in [3.63, 3.8) is 0 Å². The van der Waals surface area contributed by atoms with E-state index in [1.54, 1.807) is 35.7 Å². The smallest absolute Gasteiger partial charge is 0.338 e. The molecule has 0 aliphatic heterocycles. The molecule has 0 aromatic heterocycles. The van der Waals surface area contributed by atoms with E-state index in [0.29, 0.717) is 42.7 Å². The molecular weight excluding hydrogens is 598 g/mol. The van der Waals surface area contributed by atoms with Crippen LogP contribution in [-0.2, 0) is 16.0 Å². The quantitative estimate of drug-likeness (QED) is 0.181. The van der Waals surface area contributed by atoms with E-state index in [9.17, 15) is 23.2 Å². The maximum absolute atomic E-state index is 13.9. The number of halogens is 2. The van der Waals surface area contributed by atoms with Gasteiger partial charge in [-0.05, 0) is 92.0 Å². The minimum Gasteiger partial charge on any atom is -0.456 e. The van der Waals surface area contributed by atoms with Crippen molar-refractivity contribution >= 4 is 29.5 Å². The second-order valence-electron chi connectivity index (χ2n) is 11.9. The van der Waals surface area contributed by atoms with Crippen molar-refractivity contribution in [3.05, 3.63) is 70.3 Å². The molecule has 0 aliphatic carbocycles. The summed E-state index contributed by atoms with van der Waals surface area (Å²) in [5, 5.41) is 6.16. The summed E-state index contributed by atoms with van der Waals surface area (Å²) in [6, 6.07) is 6.63. The first kappa shape index (κ1) is 38.2. The van der Waals surface area contributed by atoms with Crippen LogP contribution in [0.4, 0.5) is 8.78 Å². The van der Waals surface area contributed by atoms with E-state index >= 15 is 0 Å². The normalized spacial score (nSPS) is 13.3. The first-order valence-electron chi connectivity index (χ1n) is 15.7. The SMILES string of the molecule is CCCN(CCC)C(=O)c1cc(C)cc(C(=O)O[C@H](CN[C@@H](CCSC)C(=O)NCC(C)C)[C@@H](N)Cc2cc(F)cc(F)c2)c1. The van der Waals surface area contributed by atoms with Crippen LogP contribution < -0.4 is 16.4 Å². The van der Waals surface area contributed by atoms with Crippen LogP contribution in [0.3, 0.4) is 0 Å². The Bertz CT molecular complexity index is 1240. The van der Waals surface area contributed by atoms with Crippen molar-refractivity contribution < 1.29 is 27.9 Å². The van der Waals surface area contributed by atoms with Gasteiger partial charge in [-0.3, -0.25) is 9.59 Å². The van der Waals surface area contributed by atoms with Crippen molar-refractivity contribution in [1.82, 2.24) is 15.5 Å². The molecule has 0 radical (unpaired) electrons. The monoisotopic (exact) mass is 648 g/mol. The molecule has 2 rings (SSSR count). The number of rotatable bonds is 19. The third-order valence-corrected chi connectivity index (χ3v) is 7.79. The second kappa shape index (κ2) is 19.5. The summed E-state index contributed by atoms with van der Waals surface area (Å²) in [6.45, 7) is 11.6. The predicted molar refractivity (Wildman–Crippen MR) is 178 cm³/mol.